The van der Waals surface area contributed by atoms with Crippen molar-refractivity contribution >= 4 is 27.4 Å². The summed E-state index contributed by atoms with van der Waals surface area (Å²) >= 11 is 1.73. The molecule has 1 saturated heterocycles. The number of nitrogens with one attached hydrogen (secondary N) is 1. The zero-order chi connectivity index (χ0) is 16.2. The Hall–Kier alpha value is -1.24. The predicted octanol–water partition coefficient (Wildman–Crippen LogP) is 3.30. The van der Waals surface area contributed by atoms with Crippen LogP contribution >= 0.6 is 11.3 Å². The zero-order valence-electron chi connectivity index (χ0n) is 14.2. The lowest BCUT2D eigenvalue weighted by Crippen LogP contribution is -2.40. The zero-order valence-corrected chi connectivity index (χ0v) is 15.0. The first-order valence-corrected chi connectivity index (χ1v) is 9.30. The van der Waals surface area contributed by atoms with Gasteiger partial charge < -0.3 is 15.0 Å². The third kappa shape index (κ3) is 4.19. The van der Waals surface area contributed by atoms with E-state index in [1.54, 1.807) is 17.7 Å². The highest BCUT2D eigenvalue weighted by atomic mass is 32.1. The Bertz CT molecular complexity index is 635. The number of anilines is 1. The van der Waals surface area contributed by atoms with Crippen molar-refractivity contribution in [1.29, 1.82) is 0 Å². The average Bonchev–Trinajstić information content (AvgIpc) is 2.91. The maximum atomic E-state index is 5.64. The quantitative estimate of drug-likeness (QED) is 0.878. The van der Waals surface area contributed by atoms with Crippen molar-refractivity contribution in [3.8, 4) is 0 Å². The highest BCUT2D eigenvalue weighted by Gasteiger charge is 2.20. The first-order valence-electron chi connectivity index (χ1n) is 8.43. The first-order chi connectivity index (χ1) is 11.1. The third-order valence-corrected chi connectivity index (χ3v) is 5.41. The van der Waals surface area contributed by atoms with Crippen LogP contribution in [-0.4, -0.2) is 53.3 Å². The van der Waals surface area contributed by atoms with Gasteiger partial charge in [0.1, 0.15) is 12.1 Å². The third-order valence-electron chi connectivity index (χ3n) is 4.32. The second-order valence-electron chi connectivity index (χ2n) is 6.50. The highest BCUT2D eigenvalue weighted by molar-refractivity contribution is 7.18. The number of nitrogens with zero attached hydrogens (tertiary/aromatic N) is 3. The Kier molecular flexibility index (Phi) is 5.46. The van der Waals surface area contributed by atoms with Crippen molar-refractivity contribution in [1.82, 2.24) is 14.9 Å². The molecule has 2 aromatic heterocycles. The number of hydrogen-bond donors (Lipinski definition) is 1. The van der Waals surface area contributed by atoms with E-state index in [4.69, 9.17) is 4.74 Å². The van der Waals surface area contributed by atoms with Crippen molar-refractivity contribution in [2.24, 2.45) is 0 Å². The topological polar surface area (TPSA) is 50.3 Å². The minimum absolute atomic E-state index is 0.323. The summed E-state index contributed by atoms with van der Waals surface area (Å²) in [5.74, 6) is 0.995. The minimum Gasteiger partial charge on any atom is -0.377 e. The van der Waals surface area contributed by atoms with Crippen molar-refractivity contribution in [2.75, 3.05) is 31.6 Å². The number of fused-ring (bicyclic) bond motifs is 1. The molecule has 3 rings (SSSR count). The Morgan fingerprint density at radius 2 is 2.13 bits per heavy atom. The molecule has 0 radical (unpaired) electrons. The number of piperidine rings is 1. The standard InChI is InChI=1S/C17H26N4OS/c1-12(2)22-9-8-21-6-4-14(5-7-21)20-17-16-15(18-11-19-17)13(3)10-23-16/h10-12,14H,4-9H2,1-3H3,(H,18,19,20). The molecule has 1 N–H and O–H groups in total. The number of likely N-dealkylation sites (tertiary alicyclic amines) is 1. The molecular formula is C17H26N4OS. The average molecular weight is 334 g/mol. The molecule has 2 aromatic rings. The molecule has 1 aliphatic rings. The van der Waals surface area contributed by atoms with Crippen LogP contribution in [0.1, 0.15) is 32.3 Å². The van der Waals surface area contributed by atoms with Crippen molar-refractivity contribution < 1.29 is 4.74 Å². The number of ether oxygens (including phenoxy) is 1. The summed E-state index contributed by atoms with van der Waals surface area (Å²) in [5, 5.41) is 5.79. The summed E-state index contributed by atoms with van der Waals surface area (Å²) in [6, 6.07) is 0.498. The lowest BCUT2D eigenvalue weighted by molar-refractivity contribution is 0.0543. The van der Waals surface area contributed by atoms with Crippen LogP contribution in [0.4, 0.5) is 5.82 Å². The molecular weight excluding hydrogens is 308 g/mol. The second kappa shape index (κ2) is 7.55. The van der Waals surface area contributed by atoms with Crippen LogP contribution in [0.25, 0.3) is 10.2 Å². The fourth-order valence-electron chi connectivity index (χ4n) is 2.98. The molecule has 126 valence electrons. The van der Waals surface area contributed by atoms with Crippen LogP contribution in [0.2, 0.25) is 0 Å². The molecule has 0 unspecified atom stereocenters. The molecule has 23 heavy (non-hydrogen) atoms. The van der Waals surface area contributed by atoms with Crippen LogP contribution in [0.5, 0.6) is 0 Å². The summed E-state index contributed by atoms with van der Waals surface area (Å²) < 4.78 is 6.82. The Morgan fingerprint density at radius 3 is 2.87 bits per heavy atom. The Balaban J connectivity index is 1.52. The van der Waals surface area contributed by atoms with Gasteiger partial charge in [0.2, 0.25) is 0 Å². The lowest BCUT2D eigenvalue weighted by Gasteiger charge is -2.32. The first kappa shape index (κ1) is 16.6. The molecule has 1 fully saturated rings. The molecule has 0 saturated carbocycles. The number of hydrogen-bond acceptors (Lipinski definition) is 6. The van der Waals surface area contributed by atoms with Gasteiger partial charge in [-0.05, 0) is 44.6 Å². The van der Waals surface area contributed by atoms with E-state index in [0.29, 0.717) is 12.1 Å². The van der Waals surface area contributed by atoms with Crippen LogP contribution in [0.15, 0.2) is 11.7 Å². The van der Waals surface area contributed by atoms with E-state index in [1.165, 1.54) is 10.3 Å². The second-order valence-corrected chi connectivity index (χ2v) is 7.38. The van der Waals surface area contributed by atoms with Crippen LogP contribution in [-0.2, 0) is 4.74 Å². The van der Waals surface area contributed by atoms with Crippen LogP contribution < -0.4 is 5.32 Å². The Morgan fingerprint density at radius 1 is 1.35 bits per heavy atom. The van der Waals surface area contributed by atoms with E-state index in [1.807, 2.05) is 0 Å². The van der Waals surface area contributed by atoms with Crippen LogP contribution in [0.3, 0.4) is 0 Å². The number of aromatic nitrogens is 2. The summed E-state index contributed by atoms with van der Waals surface area (Å²) in [7, 11) is 0. The molecule has 6 heteroatoms. The van der Waals surface area contributed by atoms with Gasteiger partial charge in [-0.25, -0.2) is 9.97 Å². The predicted molar refractivity (Wildman–Crippen MR) is 96.3 cm³/mol. The number of rotatable bonds is 6. The maximum absolute atomic E-state index is 5.64. The molecule has 0 spiro atoms. The van der Waals surface area contributed by atoms with E-state index in [-0.39, 0.29) is 0 Å². The van der Waals surface area contributed by atoms with E-state index >= 15 is 0 Å². The van der Waals surface area contributed by atoms with Gasteiger partial charge in [0.25, 0.3) is 0 Å². The molecule has 0 atom stereocenters. The van der Waals surface area contributed by atoms with Gasteiger partial charge in [0, 0.05) is 25.7 Å². The fraction of sp³-hybridized carbons (Fsp3) is 0.647. The van der Waals surface area contributed by atoms with E-state index < -0.39 is 0 Å². The summed E-state index contributed by atoms with van der Waals surface area (Å²) in [4.78, 5) is 11.3. The van der Waals surface area contributed by atoms with E-state index in [2.05, 4.69) is 46.3 Å². The molecule has 0 bridgehead atoms. The normalized spacial score (nSPS) is 17.2. The molecule has 1 aliphatic heterocycles. The van der Waals surface area contributed by atoms with Crippen LogP contribution in [0, 0.1) is 6.92 Å². The van der Waals surface area contributed by atoms with Crippen molar-refractivity contribution in [2.45, 2.75) is 45.8 Å². The summed E-state index contributed by atoms with van der Waals surface area (Å²) in [6.45, 7) is 10.4. The molecule has 0 amide bonds. The van der Waals surface area contributed by atoms with Gasteiger partial charge in [0.15, 0.2) is 0 Å². The monoisotopic (exact) mass is 334 g/mol. The van der Waals surface area contributed by atoms with E-state index in [0.717, 1.165) is 50.4 Å². The largest absolute Gasteiger partial charge is 0.377 e. The molecule has 0 aromatic carbocycles. The van der Waals surface area contributed by atoms with Gasteiger partial charge >= 0.3 is 0 Å². The number of aryl methyl sites for hydroxylation is 1. The van der Waals surface area contributed by atoms with Gasteiger partial charge in [-0.1, -0.05) is 0 Å². The molecule has 3 heterocycles. The van der Waals surface area contributed by atoms with Gasteiger partial charge in [-0.15, -0.1) is 11.3 Å². The van der Waals surface area contributed by atoms with Crippen molar-refractivity contribution in [3.05, 3.63) is 17.3 Å². The van der Waals surface area contributed by atoms with Gasteiger partial charge in [0.05, 0.1) is 22.9 Å². The highest BCUT2D eigenvalue weighted by Crippen LogP contribution is 2.29. The SMILES string of the molecule is Cc1csc2c(NC3CCN(CCOC(C)C)CC3)ncnc12. The lowest BCUT2D eigenvalue weighted by atomic mass is 10.1. The van der Waals surface area contributed by atoms with Gasteiger partial charge in [-0.2, -0.15) is 0 Å². The van der Waals surface area contributed by atoms with Gasteiger partial charge in [-0.3, -0.25) is 0 Å². The molecule has 0 aliphatic carbocycles. The summed E-state index contributed by atoms with van der Waals surface area (Å²) in [6.07, 6.45) is 4.29. The number of thiophene rings is 1. The smallest absolute Gasteiger partial charge is 0.147 e. The maximum Gasteiger partial charge on any atom is 0.147 e. The van der Waals surface area contributed by atoms with E-state index in [9.17, 15) is 0 Å². The minimum atomic E-state index is 0.323. The summed E-state index contributed by atoms with van der Waals surface area (Å²) in [5.41, 5.74) is 2.31. The fourth-order valence-corrected chi connectivity index (χ4v) is 3.94. The Labute approximate surface area is 142 Å². The molecule has 5 nitrogen and oxygen atoms in total. The van der Waals surface area contributed by atoms with Crippen molar-refractivity contribution in [3.63, 3.8) is 0 Å².